The van der Waals surface area contributed by atoms with Crippen LogP contribution in [-0.2, 0) is 16.1 Å². The lowest BCUT2D eigenvalue weighted by molar-refractivity contribution is -0.115. The minimum Gasteiger partial charge on any atom is -0.378 e. The molecule has 168 valence electrons. The maximum absolute atomic E-state index is 13.4. The van der Waals surface area contributed by atoms with Crippen LogP contribution < -0.4 is 10.2 Å². The van der Waals surface area contributed by atoms with E-state index in [2.05, 4.69) is 20.4 Å². The van der Waals surface area contributed by atoms with E-state index >= 15 is 0 Å². The molecule has 7 nitrogen and oxygen atoms in total. The quantitative estimate of drug-likeness (QED) is 0.519. The summed E-state index contributed by atoms with van der Waals surface area (Å²) >= 11 is 7.14. The van der Waals surface area contributed by atoms with E-state index in [-0.39, 0.29) is 10.9 Å². The topological polar surface area (TPSA) is 72.3 Å². The fourth-order valence-electron chi connectivity index (χ4n) is 3.30. The lowest BCUT2D eigenvalue weighted by Crippen LogP contribution is -2.38. The van der Waals surface area contributed by atoms with E-state index in [9.17, 15) is 9.18 Å². The Bertz CT molecular complexity index is 1080. The highest BCUT2D eigenvalue weighted by molar-refractivity contribution is 8.00. The number of rotatable bonds is 7. The number of thioether (sulfide) groups is 1. The maximum Gasteiger partial charge on any atom is 0.237 e. The first kappa shape index (κ1) is 22.6. The highest BCUT2D eigenvalue weighted by Gasteiger charge is 2.24. The Morgan fingerprint density at radius 2 is 1.97 bits per heavy atom. The van der Waals surface area contributed by atoms with Gasteiger partial charge in [-0.3, -0.25) is 9.36 Å². The van der Waals surface area contributed by atoms with Gasteiger partial charge in [-0.05, 0) is 30.7 Å². The Hall–Kier alpha value is -2.62. The van der Waals surface area contributed by atoms with Crippen LogP contribution >= 0.6 is 23.4 Å². The molecule has 1 saturated heterocycles. The summed E-state index contributed by atoms with van der Waals surface area (Å²) in [5.74, 6) is -0.00539. The number of benzene rings is 2. The van der Waals surface area contributed by atoms with Gasteiger partial charge in [0.1, 0.15) is 5.82 Å². The molecule has 0 saturated carbocycles. The van der Waals surface area contributed by atoms with Gasteiger partial charge in [0, 0.05) is 18.8 Å². The molecule has 10 heteroatoms. The van der Waals surface area contributed by atoms with Crippen LogP contribution in [0.5, 0.6) is 0 Å². The van der Waals surface area contributed by atoms with E-state index in [0.717, 1.165) is 24.6 Å². The van der Waals surface area contributed by atoms with E-state index in [1.807, 2.05) is 34.9 Å². The highest BCUT2D eigenvalue weighted by atomic mass is 35.5. The summed E-state index contributed by atoms with van der Waals surface area (Å²) in [4.78, 5) is 14.9. The molecule has 0 bridgehead atoms. The third kappa shape index (κ3) is 5.40. The van der Waals surface area contributed by atoms with Crippen molar-refractivity contribution in [2.24, 2.45) is 0 Å². The molecule has 1 fully saturated rings. The molecule has 0 radical (unpaired) electrons. The molecule has 1 atom stereocenters. The standard InChI is InChI=1S/C22H23ClFN5O2S/c1-15(20(30)25-17-7-8-19(24)18(23)13-17)32-22-27-26-21(28-9-11-31-12-10-28)29(22)14-16-5-3-2-4-6-16/h2-8,13,15H,9-12,14H2,1H3,(H,25,30). The summed E-state index contributed by atoms with van der Waals surface area (Å²) in [6.45, 7) is 5.13. The number of nitrogens with one attached hydrogen (secondary N) is 1. The van der Waals surface area contributed by atoms with Gasteiger partial charge in [0.15, 0.2) is 5.16 Å². The second kappa shape index (κ2) is 10.3. The summed E-state index contributed by atoms with van der Waals surface area (Å²) in [5, 5.41) is 11.7. The molecule has 2 aromatic carbocycles. The average molecular weight is 476 g/mol. The number of morpholine rings is 1. The molecule has 3 aromatic rings. The zero-order valence-corrected chi connectivity index (χ0v) is 19.1. The van der Waals surface area contributed by atoms with Gasteiger partial charge in [0.2, 0.25) is 11.9 Å². The number of aromatic nitrogens is 3. The van der Waals surface area contributed by atoms with Crippen molar-refractivity contribution in [1.29, 1.82) is 0 Å². The molecule has 0 aliphatic carbocycles. The molecule has 1 amide bonds. The molecule has 32 heavy (non-hydrogen) atoms. The molecular weight excluding hydrogens is 453 g/mol. The summed E-state index contributed by atoms with van der Waals surface area (Å²) < 4.78 is 20.9. The minimum atomic E-state index is -0.531. The van der Waals surface area contributed by atoms with E-state index < -0.39 is 11.1 Å². The zero-order valence-electron chi connectivity index (χ0n) is 17.5. The average Bonchev–Trinajstić information content (AvgIpc) is 3.19. The fraction of sp³-hybridized carbons (Fsp3) is 0.318. The zero-order chi connectivity index (χ0) is 22.5. The molecule has 1 aliphatic rings. The van der Waals surface area contributed by atoms with Crippen molar-refractivity contribution in [3.05, 3.63) is 64.9 Å². The van der Waals surface area contributed by atoms with Crippen LogP contribution in [0.15, 0.2) is 53.7 Å². The number of anilines is 2. The molecule has 4 rings (SSSR count). The van der Waals surface area contributed by atoms with Crippen LogP contribution in [0.3, 0.4) is 0 Å². The predicted octanol–water partition coefficient (Wildman–Crippen LogP) is 4.07. The number of hydrogen-bond donors (Lipinski definition) is 1. The molecule has 1 aromatic heterocycles. The van der Waals surface area contributed by atoms with Crippen LogP contribution in [0.1, 0.15) is 12.5 Å². The van der Waals surface area contributed by atoms with Gasteiger partial charge in [0.05, 0.1) is 30.0 Å². The van der Waals surface area contributed by atoms with E-state index in [1.165, 1.54) is 30.0 Å². The normalized spacial score (nSPS) is 14.9. The Morgan fingerprint density at radius 3 is 2.69 bits per heavy atom. The van der Waals surface area contributed by atoms with Crippen LogP contribution in [0.2, 0.25) is 5.02 Å². The lowest BCUT2D eigenvalue weighted by atomic mass is 10.2. The van der Waals surface area contributed by atoms with Crippen molar-refractivity contribution < 1.29 is 13.9 Å². The van der Waals surface area contributed by atoms with E-state index in [0.29, 0.717) is 30.6 Å². The molecule has 1 N–H and O–H groups in total. The van der Waals surface area contributed by atoms with Crippen LogP contribution in [0.25, 0.3) is 0 Å². The van der Waals surface area contributed by atoms with Gasteiger partial charge in [-0.15, -0.1) is 10.2 Å². The van der Waals surface area contributed by atoms with Gasteiger partial charge < -0.3 is 15.0 Å². The van der Waals surface area contributed by atoms with Gasteiger partial charge >= 0.3 is 0 Å². The van der Waals surface area contributed by atoms with Gasteiger partial charge in [-0.25, -0.2) is 4.39 Å². The van der Waals surface area contributed by atoms with Crippen LogP contribution in [-0.4, -0.2) is 52.2 Å². The molecule has 0 spiro atoms. The predicted molar refractivity (Wildman–Crippen MR) is 124 cm³/mol. The smallest absolute Gasteiger partial charge is 0.237 e. The number of carbonyl (C=O) groups excluding carboxylic acids is 1. The Morgan fingerprint density at radius 1 is 1.22 bits per heavy atom. The maximum atomic E-state index is 13.4. The second-order valence-electron chi connectivity index (χ2n) is 7.33. The fourth-order valence-corrected chi connectivity index (χ4v) is 4.32. The summed E-state index contributed by atoms with van der Waals surface area (Å²) in [7, 11) is 0. The van der Waals surface area contributed by atoms with Gasteiger partial charge in [-0.1, -0.05) is 53.7 Å². The highest BCUT2D eigenvalue weighted by Crippen LogP contribution is 2.28. The molecule has 1 aliphatic heterocycles. The minimum absolute atomic E-state index is 0.0409. The monoisotopic (exact) mass is 475 g/mol. The Balaban J connectivity index is 1.53. The summed E-state index contributed by atoms with van der Waals surface area (Å²) in [5.41, 5.74) is 1.55. The number of halogens is 2. The van der Waals surface area contributed by atoms with Crippen molar-refractivity contribution in [1.82, 2.24) is 14.8 Å². The molecular formula is C22H23ClFN5O2S. The van der Waals surface area contributed by atoms with Gasteiger partial charge in [0.25, 0.3) is 0 Å². The number of hydrogen-bond acceptors (Lipinski definition) is 6. The van der Waals surface area contributed by atoms with Crippen molar-refractivity contribution in [3.63, 3.8) is 0 Å². The molecule has 1 unspecified atom stereocenters. The summed E-state index contributed by atoms with van der Waals surface area (Å²) in [6.07, 6.45) is 0. The van der Waals surface area contributed by atoms with Crippen LogP contribution in [0, 0.1) is 5.82 Å². The van der Waals surface area contributed by atoms with Crippen molar-refractivity contribution in [3.8, 4) is 0 Å². The number of ether oxygens (including phenoxy) is 1. The SMILES string of the molecule is CC(Sc1nnc(N2CCOCC2)n1Cc1ccccc1)C(=O)Nc1ccc(F)c(Cl)c1. The van der Waals surface area contributed by atoms with Crippen LogP contribution in [0.4, 0.5) is 16.0 Å². The molecule has 2 heterocycles. The summed E-state index contributed by atoms with van der Waals surface area (Å²) in [6, 6.07) is 14.1. The number of nitrogens with zero attached hydrogens (tertiary/aromatic N) is 4. The first-order valence-corrected chi connectivity index (χ1v) is 11.5. The van der Waals surface area contributed by atoms with Crippen molar-refractivity contribution in [2.75, 3.05) is 36.5 Å². The number of amides is 1. The van der Waals surface area contributed by atoms with E-state index in [4.69, 9.17) is 16.3 Å². The third-order valence-electron chi connectivity index (χ3n) is 5.01. The van der Waals surface area contributed by atoms with Gasteiger partial charge in [-0.2, -0.15) is 0 Å². The van der Waals surface area contributed by atoms with Crippen molar-refractivity contribution in [2.45, 2.75) is 23.9 Å². The lowest BCUT2D eigenvalue weighted by Gasteiger charge is -2.28. The third-order valence-corrected chi connectivity index (χ3v) is 6.38. The van der Waals surface area contributed by atoms with E-state index in [1.54, 1.807) is 6.92 Å². The number of carbonyl (C=O) groups is 1. The van der Waals surface area contributed by atoms with Crippen molar-refractivity contribution >= 4 is 40.9 Å². The first-order chi connectivity index (χ1) is 15.5. The second-order valence-corrected chi connectivity index (χ2v) is 9.05. The first-order valence-electron chi connectivity index (χ1n) is 10.2. The largest absolute Gasteiger partial charge is 0.378 e. The Labute approximate surface area is 194 Å². The Kier molecular flexibility index (Phi) is 7.29.